The van der Waals surface area contributed by atoms with Gasteiger partial charge in [0.15, 0.2) is 0 Å². The highest BCUT2D eigenvalue weighted by Gasteiger charge is 2.34. The second-order valence-corrected chi connectivity index (χ2v) is 8.63. The van der Waals surface area contributed by atoms with E-state index in [1.165, 1.54) is 11.3 Å². The molecule has 3 aromatic rings. The minimum Gasteiger partial charge on any atom is -0.378 e. The Morgan fingerprint density at radius 2 is 2.00 bits per heavy atom. The van der Waals surface area contributed by atoms with Gasteiger partial charge in [0, 0.05) is 56.1 Å². The summed E-state index contributed by atoms with van der Waals surface area (Å²) in [6.45, 7) is 3.91. The number of morpholine rings is 1. The van der Waals surface area contributed by atoms with Crippen LogP contribution < -0.4 is 0 Å². The number of amides is 2. The topological polar surface area (TPSA) is 80.6 Å². The number of aromatic nitrogens is 3. The van der Waals surface area contributed by atoms with E-state index < -0.39 is 0 Å². The van der Waals surface area contributed by atoms with E-state index in [0.717, 1.165) is 27.1 Å². The van der Waals surface area contributed by atoms with E-state index in [1.807, 2.05) is 28.0 Å². The fraction of sp³-hybridized carbons (Fsp3) is 0.429. The lowest BCUT2D eigenvalue weighted by Gasteiger charge is -2.27. The molecule has 30 heavy (non-hydrogen) atoms. The number of carbonyl (C=O) groups is 2. The molecule has 8 nitrogen and oxygen atoms in total. The van der Waals surface area contributed by atoms with Crippen molar-refractivity contribution >= 4 is 33.4 Å². The molecule has 1 unspecified atom stereocenters. The average Bonchev–Trinajstić information content (AvgIpc) is 3.53. The van der Waals surface area contributed by atoms with Gasteiger partial charge in [-0.15, -0.1) is 11.3 Å². The van der Waals surface area contributed by atoms with Crippen molar-refractivity contribution in [3.8, 4) is 0 Å². The molecule has 2 aliphatic rings. The van der Waals surface area contributed by atoms with Gasteiger partial charge in [-0.1, -0.05) is 6.07 Å². The molecule has 2 saturated heterocycles. The molecular formula is C21H23N5O3S. The molecule has 156 valence electrons. The SMILES string of the molecule is O=C(Cn1cccn1)N1CCC(c2c(C(=O)N3CCOCC3)sc3ncccc23)C1. The Bertz CT molecular complexity index is 1060. The van der Waals surface area contributed by atoms with Crippen LogP contribution in [-0.2, 0) is 16.1 Å². The van der Waals surface area contributed by atoms with Crippen molar-refractivity contribution < 1.29 is 14.3 Å². The molecule has 0 bridgehead atoms. The number of nitrogens with zero attached hydrogens (tertiary/aromatic N) is 5. The van der Waals surface area contributed by atoms with Crippen molar-refractivity contribution in [1.29, 1.82) is 0 Å². The monoisotopic (exact) mass is 425 g/mol. The quantitative estimate of drug-likeness (QED) is 0.639. The van der Waals surface area contributed by atoms with Crippen LogP contribution in [0.2, 0.25) is 0 Å². The number of thiophene rings is 1. The number of hydrogen-bond donors (Lipinski definition) is 0. The Morgan fingerprint density at radius 3 is 2.80 bits per heavy atom. The highest BCUT2D eigenvalue weighted by Crippen LogP contribution is 2.40. The molecule has 5 rings (SSSR count). The zero-order valence-corrected chi connectivity index (χ0v) is 17.4. The normalized spacial score (nSPS) is 19.5. The van der Waals surface area contributed by atoms with Gasteiger partial charge in [-0.3, -0.25) is 14.3 Å². The number of hydrogen-bond acceptors (Lipinski definition) is 6. The molecule has 9 heteroatoms. The predicted octanol–water partition coefficient (Wildman–Crippen LogP) is 1.98. The first kappa shape index (κ1) is 19.2. The van der Waals surface area contributed by atoms with Crippen LogP contribution in [0.15, 0.2) is 36.8 Å². The van der Waals surface area contributed by atoms with E-state index in [9.17, 15) is 9.59 Å². The lowest BCUT2D eigenvalue weighted by molar-refractivity contribution is -0.131. The maximum atomic E-state index is 13.3. The van der Waals surface area contributed by atoms with Crippen LogP contribution >= 0.6 is 11.3 Å². The largest absolute Gasteiger partial charge is 0.378 e. The van der Waals surface area contributed by atoms with E-state index in [4.69, 9.17) is 4.74 Å². The average molecular weight is 426 g/mol. The number of rotatable bonds is 4. The summed E-state index contributed by atoms with van der Waals surface area (Å²) >= 11 is 1.47. The van der Waals surface area contributed by atoms with E-state index >= 15 is 0 Å². The molecule has 1 atom stereocenters. The van der Waals surface area contributed by atoms with Gasteiger partial charge in [0.05, 0.1) is 18.1 Å². The second-order valence-electron chi connectivity index (χ2n) is 7.63. The lowest BCUT2D eigenvalue weighted by Crippen LogP contribution is -2.40. The minimum atomic E-state index is 0.0533. The predicted molar refractivity (Wildman–Crippen MR) is 113 cm³/mol. The van der Waals surface area contributed by atoms with Crippen molar-refractivity contribution in [2.45, 2.75) is 18.9 Å². The first-order chi connectivity index (χ1) is 14.7. The molecule has 2 amide bonds. The summed E-state index contributed by atoms with van der Waals surface area (Å²) in [5.74, 6) is 0.238. The summed E-state index contributed by atoms with van der Waals surface area (Å²) in [7, 11) is 0. The zero-order chi connectivity index (χ0) is 20.5. The Balaban J connectivity index is 1.42. The smallest absolute Gasteiger partial charge is 0.264 e. The van der Waals surface area contributed by atoms with Crippen LogP contribution in [0.1, 0.15) is 27.6 Å². The van der Waals surface area contributed by atoms with E-state index in [1.54, 1.807) is 23.3 Å². The van der Waals surface area contributed by atoms with Gasteiger partial charge in [-0.2, -0.15) is 5.10 Å². The van der Waals surface area contributed by atoms with Crippen molar-refractivity contribution in [2.24, 2.45) is 0 Å². The van der Waals surface area contributed by atoms with Crippen LogP contribution in [0, 0.1) is 0 Å². The molecule has 0 spiro atoms. The van der Waals surface area contributed by atoms with E-state index in [-0.39, 0.29) is 24.3 Å². The van der Waals surface area contributed by atoms with Crippen LogP contribution in [0.25, 0.3) is 10.2 Å². The zero-order valence-electron chi connectivity index (χ0n) is 16.6. The van der Waals surface area contributed by atoms with Gasteiger partial charge >= 0.3 is 0 Å². The molecule has 0 radical (unpaired) electrons. The summed E-state index contributed by atoms with van der Waals surface area (Å²) in [5.41, 5.74) is 1.05. The number of fused-ring (bicyclic) bond motifs is 1. The standard InChI is InChI=1S/C21H23N5O3S/c27-17(14-26-7-2-6-23-26)25-8-4-15(13-25)18-16-3-1-5-22-20(16)30-19(18)21(28)24-9-11-29-12-10-24/h1-3,5-7,15H,4,8-14H2. The van der Waals surface area contributed by atoms with Crippen LogP contribution in [0.4, 0.5) is 0 Å². The Morgan fingerprint density at radius 1 is 1.13 bits per heavy atom. The number of likely N-dealkylation sites (tertiary alicyclic amines) is 1. The van der Waals surface area contributed by atoms with Gasteiger partial charge in [0.1, 0.15) is 11.4 Å². The van der Waals surface area contributed by atoms with Gasteiger partial charge in [0.25, 0.3) is 5.91 Å². The van der Waals surface area contributed by atoms with E-state index in [0.29, 0.717) is 39.4 Å². The summed E-state index contributed by atoms with van der Waals surface area (Å²) in [4.78, 5) is 35.9. The Labute approximate surface area is 178 Å². The first-order valence-electron chi connectivity index (χ1n) is 10.2. The molecule has 5 heterocycles. The molecule has 2 fully saturated rings. The van der Waals surface area contributed by atoms with Crippen molar-refractivity contribution in [2.75, 3.05) is 39.4 Å². The lowest BCUT2D eigenvalue weighted by atomic mass is 9.95. The third kappa shape index (κ3) is 3.59. The first-order valence-corrected chi connectivity index (χ1v) is 11.0. The van der Waals surface area contributed by atoms with Crippen molar-refractivity contribution in [3.63, 3.8) is 0 Å². The van der Waals surface area contributed by atoms with E-state index in [2.05, 4.69) is 10.1 Å². The number of pyridine rings is 1. The second kappa shape index (κ2) is 8.16. The van der Waals surface area contributed by atoms with Crippen LogP contribution in [0.3, 0.4) is 0 Å². The third-order valence-corrected chi connectivity index (χ3v) is 6.92. The van der Waals surface area contributed by atoms with Gasteiger partial charge in [0.2, 0.25) is 5.91 Å². The fourth-order valence-electron chi connectivity index (χ4n) is 4.28. The summed E-state index contributed by atoms with van der Waals surface area (Å²) in [6.07, 6.45) is 6.08. The number of carbonyl (C=O) groups excluding carboxylic acids is 2. The van der Waals surface area contributed by atoms with Gasteiger partial charge in [-0.25, -0.2) is 4.98 Å². The van der Waals surface area contributed by atoms with Crippen molar-refractivity contribution in [3.05, 3.63) is 47.2 Å². The molecular weight excluding hydrogens is 402 g/mol. The van der Waals surface area contributed by atoms with Crippen molar-refractivity contribution in [1.82, 2.24) is 24.6 Å². The summed E-state index contributed by atoms with van der Waals surface area (Å²) in [6, 6.07) is 5.77. The van der Waals surface area contributed by atoms with Gasteiger partial charge < -0.3 is 14.5 Å². The Kier molecular flexibility index (Phi) is 5.22. The molecule has 3 aromatic heterocycles. The molecule has 0 aliphatic carbocycles. The summed E-state index contributed by atoms with van der Waals surface area (Å²) < 4.78 is 7.05. The molecule has 0 N–H and O–H groups in total. The van der Waals surface area contributed by atoms with Gasteiger partial charge in [-0.05, 0) is 24.1 Å². The van der Waals surface area contributed by atoms with Crippen LogP contribution in [-0.4, -0.2) is 75.8 Å². The summed E-state index contributed by atoms with van der Waals surface area (Å²) in [5, 5.41) is 5.16. The Hall–Kier alpha value is -2.78. The molecule has 2 aliphatic heterocycles. The fourth-order valence-corrected chi connectivity index (χ4v) is 5.48. The number of ether oxygens (including phenoxy) is 1. The third-order valence-electron chi connectivity index (χ3n) is 5.80. The maximum absolute atomic E-state index is 13.3. The highest BCUT2D eigenvalue weighted by molar-refractivity contribution is 7.20. The van der Waals surface area contributed by atoms with Crippen LogP contribution in [0.5, 0.6) is 0 Å². The molecule has 0 saturated carbocycles. The molecule has 0 aromatic carbocycles. The minimum absolute atomic E-state index is 0.0533. The maximum Gasteiger partial charge on any atom is 0.264 e. The highest BCUT2D eigenvalue weighted by atomic mass is 32.1.